The zero-order valence-electron chi connectivity index (χ0n) is 11.6. The Morgan fingerprint density at radius 1 is 1.24 bits per heavy atom. The van der Waals surface area contributed by atoms with Gasteiger partial charge in [-0.15, -0.1) is 12.4 Å². The van der Waals surface area contributed by atoms with E-state index in [-0.39, 0.29) is 25.2 Å². The maximum absolute atomic E-state index is 12.5. The Hall–Kier alpha value is -0.820. The number of carbonyl (C=O) groups excluding carboxylic acids is 1. The molecule has 1 amide bonds. The molecule has 1 saturated heterocycles. The summed E-state index contributed by atoms with van der Waals surface area (Å²) < 4.78 is 22.8. The van der Waals surface area contributed by atoms with Crippen molar-refractivity contribution in [3.63, 3.8) is 0 Å². The van der Waals surface area contributed by atoms with Crippen LogP contribution in [-0.4, -0.2) is 38.4 Å². The van der Waals surface area contributed by atoms with Crippen LogP contribution in [-0.2, 0) is 14.6 Å². The third-order valence-corrected chi connectivity index (χ3v) is 5.90. The molecule has 0 aromatic heterocycles. The third kappa shape index (κ3) is 3.88. The second-order valence-electron chi connectivity index (χ2n) is 4.98. The molecule has 21 heavy (non-hydrogen) atoms. The summed E-state index contributed by atoms with van der Waals surface area (Å²) in [5, 5.41) is 6.32. The van der Waals surface area contributed by atoms with E-state index in [1.54, 1.807) is 24.3 Å². The first kappa shape index (κ1) is 18.2. The average Bonchev–Trinajstić information content (AvgIpc) is 2.41. The minimum atomic E-state index is -3.49. The third-order valence-electron chi connectivity index (χ3n) is 3.64. The van der Waals surface area contributed by atoms with Crippen molar-refractivity contribution in [1.82, 2.24) is 5.32 Å². The van der Waals surface area contributed by atoms with E-state index < -0.39 is 20.5 Å². The predicted molar refractivity (Wildman–Crippen MR) is 87.0 cm³/mol. The van der Waals surface area contributed by atoms with E-state index in [9.17, 15) is 13.2 Å². The molecule has 0 aliphatic carbocycles. The summed E-state index contributed by atoms with van der Waals surface area (Å²) in [6.45, 7) is 1.03. The highest BCUT2D eigenvalue weighted by atomic mass is 35.5. The number of amides is 1. The quantitative estimate of drug-likeness (QED) is 0.870. The summed E-state index contributed by atoms with van der Waals surface area (Å²) in [6, 6.07) is 6.59. The van der Waals surface area contributed by atoms with Crippen molar-refractivity contribution in [3.05, 3.63) is 29.3 Å². The van der Waals surface area contributed by atoms with Crippen LogP contribution in [0.15, 0.2) is 24.3 Å². The first-order valence-electron chi connectivity index (χ1n) is 6.32. The topological polar surface area (TPSA) is 75.3 Å². The van der Waals surface area contributed by atoms with Crippen molar-refractivity contribution in [3.8, 4) is 0 Å². The predicted octanol–water partition coefficient (Wildman–Crippen LogP) is 1.87. The zero-order valence-corrected chi connectivity index (χ0v) is 13.9. The lowest BCUT2D eigenvalue weighted by Crippen LogP contribution is -2.55. The highest BCUT2D eigenvalue weighted by Gasteiger charge is 2.48. The first-order chi connectivity index (χ1) is 9.35. The van der Waals surface area contributed by atoms with Crippen molar-refractivity contribution < 1.29 is 13.2 Å². The fraction of sp³-hybridized carbons (Fsp3) is 0.462. The van der Waals surface area contributed by atoms with E-state index >= 15 is 0 Å². The van der Waals surface area contributed by atoms with Crippen LogP contribution < -0.4 is 10.6 Å². The monoisotopic (exact) mass is 352 g/mol. The molecule has 1 aromatic carbocycles. The number of benzene rings is 1. The van der Waals surface area contributed by atoms with Gasteiger partial charge in [0.05, 0.1) is 0 Å². The van der Waals surface area contributed by atoms with E-state index in [0.717, 1.165) is 6.26 Å². The molecule has 0 atom stereocenters. The van der Waals surface area contributed by atoms with Crippen LogP contribution in [0.1, 0.15) is 12.8 Å². The average molecular weight is 353 g/mol. The Balaban J connectivity index is 0.00000220. The Morgan fingerprint density at radius 2 is 1.76 bits per heavy atom. The molecular formula is C13H18Cl2N2O3S. The molecule has 5 nitrogen and oxygen atoms in total. The van der Waals surface area contributed by atoms with E-state index in [4.69, 9.17) is 11.6 Å². The van der Waals surface area contributed by atoms with Gasteiger partial charge in [-0.1, -0.05) is 11.6 Å². The fourth-order valence-corrected chi connectivity index (χ4v) is 3.83. The number of hydrogen-bond donors (Lipinski definition) is 2. The second-order valence-corrected chi connectivity index (χ2v) is 7.74. The summed E-state index contributed by atoms with van der Waals surface area (Å²) in [7, 11) is -3.49. The number of rotatable bonds is 3. The normalized spacial score (nSPS) is 17.6. The number of piperidine rings is 1. The lowest BCUT2D eigenvalue weighted by molar-refractivity contribution is -0.119. The molecule has 0 saturated carbocycles. The summed E-state index contributed by atoms with van der Waals surface area (Å²) >= 11 is 5.78. The van der Waals surface area contributed by atoms with E-state index in [1.165, 1.54) is 0 Å². The van der Waals surface area contributed by atoms with Crippen molar-refractivity contribution in [1.29, 1.82) is 0 Å². The van der Waals surface area contributed by atoms with Crippen molar-refractivity contribution in [2.24, 2.45) is 0 Å². The summed E-state index contributed by atoms with van der Waals surface area (Å²) in [4.78, 5) is 12.5. The van der Waals surface area contributed by atoms with E-state index in [2.05, 4.69) is 10.6 Å². The molecule has 8 heteroatoms. The number of nitrogens with one attached hydrogen (secondary N) is 2. The molecule has 2 rings (SSSR count). The molecule has 1 aromatic rings. The highest BCUT2D eigenvalue weighted by Crippen LogP contribution is 2.29. The molecule has 1 aliphatic heterocycles. The van der Waals surface area contributed by atoms with Crippen LogP contribution in [0.4, 0.5) is 5.69 Å². The molecule has 0 unspecified atom stereocenters. The lowest BCUT2D eigenvalue weighted by atomic mass is 9.95. The number of hydrogen-bond acceptors (Lipinski definition) is 4. The summed E-state index contributed by atoms with van der Waals surface area (Å²) in [5.41, 5.74) is 0.543. The van der Waals surface area contributed by atoms with Crippen molar-refractivity contribution >= 4 is 45.4 Å². The maximum atomic E-state index is 12.5. The van der Waals surface area contributed by atoms with Crippen molar-refractivity contribution in [2.75, 3.05) is 24.7 Å². The fourth-order valence-electron chi connectivity index (χ4n) is 2.38. The number of anilines is 1. The summed E-state index contributed by atoms with van der Waals surface area (Å²) in [5.74, 6) is -0.469. The lowest BCUT2D eigenvalue weighted by Gasteiger charge is -2.34. The van der Waals surface area contributed by atoms with Gasteiger partial charge in [0, 0.05) is 17.0 Å². The maximum Gasteiger partial charge on any atom is 0.245 e. The number of carbonyl (C=O) groups is 1. The Labute approximate surface area is 135 Å². The van der Waals surface area contributed by atoms with Gasteiger partial charge < -0.3 is 10.6 Å². The van der Waals surface area contributed by atoms with Crippen LogP contribution in [0.5, 0.6) is 0 Å². The molecular weight excluding hydrogens is 335 g/mol. The largest absolute Gasteiger partial charge is 0.325 e. The van der Waals surface area contributed by atoms with Gasteiger partial charge in [-0.2, -0.15) is 0 Å². The Kier molecular flexibility index (Phi) is 6.04. The van der Waals surface area contributed by atoms with Gasteiger partial charge in [0.15, 0.2) is 14.6 Å². The first-order valence-corrected chi connectivity index (χ1v) is 8.59. The van der Waals surface area contributed by atoms with Gasteiger partial charge in [-0.25, -0.2) is 8.42 Å². The smallest absolute Gasteiger partial charge is 0.245 e. The van der Waals surface area contributed by atoms with Crippen LogP contribution in [0.2, 0.25) is 5.02 Å². The van der Waals surface area contributed by atoms with Crippen molar-refractivity contribution in [2.45, 2.75) is 17.6 Å². The van der Waals surface area contributed by atoms with Gasteiger partial charge in [0.25, 0.3) is 0 Å². The van der Waals surface area contributed by atoms with Gasteiger partial charge in [-0.3, -0.25) is 4.79 Å². The van der Waals surface area contributed by atoms with Gasteiger partial charge in [0.1, 0.15) is 0 Å². The number of halogens is 2. The van der Waals surface area contributed by atoms with Crippen LogP contribution in [0.25, 0.3) is 0 Å². The van der Waals surface area contributed by atoms with Crippen LogP contribution in [0.3, 0.4) is 0 Å². The van der Waals surface area contributed by atoms with Crippen LogP contribution >= 0.6 is 24.0 Å². The van der Waals surface area contributed by atoms with Gasteiger partial charge in [-0.05, 0) is 50.2 Å². The second kappa shape index (κ2) is 6.96. The van der Waals surface area contributed by atoms with Crippen LogP contribution in [0, 0.1) is 0 Å². The minimum absolute atomic E-state index is 0. The minimum Gasteiger partial charge on any atom is -0.325 e. The molecule has 1 aliphatic rings. The summed E-state index contributed by atoms with van der Waals surface area (Å²) in [6.07, 6.45) is 1.69. The van der Waals surface area contributed by atoms with Gasteiger partial charge in [0.2, 0.25) is 5.91 Å². The molecule has 1 fully saturated rings. The highest BCUT2D eigenvalue weighted by molar-refractivity contribution is 7.92. The van der Waals surface area contributed by atoms with E-state index in [1.807, 2.05) is 0 Å². The molecule has 1 heterocycles. The molecule has 118 valence electrons. The molecule has 0 spiro atoms. The molecule has 0 bridgehead atoms. The Morgan fingerprint density at radius 3 is 2.24 bits per heavy atom. The zero-order chi connectivity index (χ0) is 14.8. The molecule has 2 N–H and O–H groups in total. The van der Waals surface area contributed by atoms with Gasteiger partial charge >= 0.3 is 0 Å². The molecule has 0 radical (unpaired) electrons. The SMILES string of the molecule is CS(=O)(=O)C1(C(=O)Nc2ccc(Cl)cc2)CCNCC1.Cl. The number of sulfone groups is 1. The standard InChI is InChI=1S/C13H17ClN2O3S.ClH/c1-20(18,19)13(6-8-15-9-7-13)12(17)16-11-4-2-10(14)3-5-11;/h2-5,15H,6-9H2,1H3,(H,16,17);1H. The Bertz CT molecular complexity index is 596. The van der Waals surface area contributed by atoms with E-state index in [0.29, 0.717) is 23.8 Å².